The van der Waals surface area contributed by atoms with E-state index in [1.807, 2.05) is 44.2 Å². The van der Waals surface area contributed by atoms with Gasteiger partial charge in [0, 0.05) is 6.42 Å². The molecular formula is C13H15N3O2. The highest BCUT2D eigenvalue weighted by Crippen LogP contribution is 2.08. The highest BCUT2D eigenvalue weighted by Gasteiger charge is 2.13. The fraction of sp³-hybridized carbons (Fsp3) is 0.308. The lowest BCUT2D eigenvalue weighted by Crippen LogP contribution is -2.36. The number of aliphatic imine (C=N–C) groups is 1. The Balaban J connectivity index is 2.08. The molecular weight excluding hydrogens is 230 g/mol. The van der Waals surface area contributed by atoms with Gasteiger partial charge >= 0.3 is 5.88 Å². The van der Waals surface area contributed by atoms with Crippen molar-refractivity contribution >= 4 is 11.8 Å². The first-order chi connectivity index (χ1) is 8.65. The van der Waals surface area contributed by atoms with Crippen molar-refractivity contribution in [2.75, 3.05) is 0 Å². The van der Waals surface area contributed by atoms with E-state index in [0.29, 0.717) is 0 Å². The largest absolute Gasteiger partial charge is 0.861 e. The van der Waals surface area contributed by atoms with Crippen LogP contribution >= 0.6 is 0 Å². The second kappa shape index (κ2) is 5.44. The van der Waals surface area contributed by atoms with E-state index in [1.54, 1.807) is 10.9 Å². The van der Waals surface area contributed by atoms with Crippen LogP contribution < -0.4 is 9.79 Å². The third kappa shape index (κ3) is 3.16. The molecule has 1 heterocycles. The summed E-state index contributed by atoms with van der Waals surface area (Å²) in [6.07, 6.45) is 1.89. The summed E-state index contributed by atoms with van der Waals surface area (Å²) < 4.78 is 6.58. The molecule has 94 valence electrons. The van der Waals surface area contributed by atoms with Gasteiger partial charge in [0.15, 0.2) is 6.04 Å². The van der Waals surface area contributed by atoms with E-state index in [-0.39, 0.29) is 24.2 Å². The molecule has 0 bridgehead atoms. The van der Waals surface area contributed by atoms with Crippen molar-refractivity contribution in [2.45, 2.75) is 26.3 Å². The molecule has 2 aromatic rings. The maximum atomic E-state index is 11.7. The van der Waals surface area contributed by atoms with Gasteiger partial charge in [0.25, 0.3) is 6.20 Å². The minimum Gasteiger partial charge on any atom is -0.861 e. The molecule has 0 unspecified atom stereocenters. The molecule has 5 heteroatoms. The molecule has 0 aliphatic carbocycles. The monoisotopic (exact) mass is 245 g/mol. The van der Waals surface area contributed by atoms with Crippen LogP contribution in [0.25, 0.3) is 0 Å². The van der Waals surface area contributed by atoms with E-state index < -0.39 is 0 Å². The van der Waals surface area contributed by atoms with Gasteiger partial charge in [0.2, 0.25) is 5.27 Å². The van der Waals surface area contributed by atoms with Gasteiger partial charge in [-0.05, 0) is 30.0 Å². The van der Waals surface area contributed by atoms with Crippen molar-refractivity contribution < 1.29 is 14.3 Å². The van der Waals surface area contributed by atoms with E-state index in [0.717, 1.165) is 5.56 Å². The molecule has 1 aromatic heterocycles. The first-order valence-electron chi connectivity index (χ1n) is 5.82. The Labute approximate surface area is 105 Å². The minimum absolute atomic E-state index is 0.182. The molecule has 0 aliphatic rings. The van der Waals surface area contributed by atoms with Gasteiger partial charge in [0.05, 0.1) is 0 Å². The predicted octanol–water partition coefficient (Wildman–Crippen LogP) is 1.18. The summed E-state index contributed by atoms with van der Waals surface area (Å²) in [5, 5.41) is 15.5. The Hall–Kier alpha value is -2.17. The van der Waals surface area contributed by atoms with E-state index in [2.05, 4.69) is 10.3 Å². The average molecular weight is 245 g/mol. The molecule has 0 radical (unpaired) electrons. The van der Waals surface area contributed by atoms with Gasteiger partial charge in [-0.1, -0.05) is 30.3 Å². The topological polar surface area (TPSA) is 65.3 Å². The van der Waals surface area contributed by atoms with Crippen LogP contribution in [0.1, 0.15) is 25.5 Å². The molecule has 0 spiro atoms. The van der Waals surface area contributed by atoms with Gasteiger partial charge < -0.3 is 5.11 Å². The van der Waals surface area contributed by atoms with Crippen molar-refractivity contribution in [1.82, 2.24) is 5.27 Å². The quantitative estimate of drug-likeness (QED) is 0.461. The van der Waals surface area contributed by atoms with Gasteiger partial charge in [-0.3, -0.25) is 4.52 Å². The highest BCUT2D eigenvalue weighted by molar-refractivity contribution is 5.76. The van der Waals surface area contributed by atoms with Crippen LogP contribution in [0.15, 0.2) is 46.0 Å². The minimum atomic E-state index is -0.242. The second-order valence-corrected chi connectivity index (χ2v) is 4.28. The van der Waals surface area contributed by atoms with E-state index in [4.69, 9.17) is 4.52 Å². The smallest absolute Gasteiger partial charge is 0.320 e. The van der Waals surface area contributed by atoms with Crippen LogP contribution in [0.4, 0.5) is 5.88 Å². The summed E-state index contributed by atoms with van der Waals surface area (Å²) in [7, 11) is 0. The van der Waals surface area contributed by atoms with Gasteiger partial charge in [-0.15, -0.1) is 0 Å². The van der Waals surface area contributed by atoms with Crippen LogP contribution in [0.5, 0.6) is 0 Å². The maximum Gasteiger partial charge on any atom is 0.320 e. The number of rotatable bonds is 4. The number of hydrogen-bond acceptors (Lipinski definition) is 4. The molecule has 0 amide bonds. The van der Waals surface area contributed by atoms with Crippen LogP contribution in [0.2, 0.25) is 0 Å². The zero-order valence-corrected chi connectivity index (χ0v) is 10.4. The molecule has 0 fully saturated rings. The molecule has 0 aliphatic heterocycles. The number of aromatic nitrogens is 2. The third-order valence-electron chi connectivity index (χ3n) is 2.43. The summed E-state index contributed by atoms with van der Waals surface area (Å²) in [6, 6.07) is 9.66. The first kappa shape index (κ1) is 12.3. The van der Waals surface area contributed by atoms with Crippen LogP contribution in [-0.2, 0) is 6.42 Å². The Morgan fingerprint density at radius 1 is 1.39 bits per heavy atom. The second-order valence-electron chi connectivity index (χ2n) is 4.28. The predicted molar refractivity (Wildman–Crippen MR) is 64.3 cm³/mol. The average Bonchev–Trinajstić information content (AvgIpc) is 2.78. The maximum absolute atomic E-state index is 11.7. The van der Waals surface area contributed by atoms with Gasteiger partial charge in [-0.2, -0.15) is 0 Å². The highest BCUT2D eigenvalue weighted by atomic mass is 16.5. The van der Waals surface area contributed by atoms with E-state index in [9.17, 15) is 5.11 Å². The Morgan fingerprint density at radius 2 is 2.11 bits per heavy atom. The molecule has 0 saturated carbocycles. The van der Waals surface area contributed by atoms with Crippen LogP contribution in [0, 0.1) is 0 Å². The van der Waals surface area contributed by atoms with Crippen LogP contribution in [0.3, 0.4) is 0 Å². The molecule has 18 heavy (non-hydrogen) atoms. The summed E-state index contributed by atoms with van der Waals surface area (Å²) in [5.74, 6) is -0.00196. The van der Waals surface area contributed by atoms with Crippen molar-refractivity contribution in [3.8, 4) is 0 Å². The van der Waals surface area contributed by atoms with Gasteiger partial charge in [-0.25, -0.2) is 4.99 Å². The van der Waals surface area contributed by atoms with Crippen molar-refractivity contribution in [1.29, 1.82) is 0 Å². The van der Waals surface area contributed by atoms with Gasteiger partial charge in [0.1, 0.15) is 0 Å². The molecule has 1 aromatic carbocycles. The molecule has 2 rings (SSSR count). The summed E-state index contributed by atoms with van der Waals surface area (Å²) in [5.41, 5.74) is 0.933. The molecule has 0 N–H and O–H groups in total. The lowest BCUT2D eigenvalue weighted by molar-refractivity contribution is -0.779. The zero-order valence-electron chi connectivity index (χ0n) is 10.4. The van der Waals surface area contributed by atoms with Crippen molar-refractivity contribution in [3.05, 3.63) is 42.1 Å². The molecule has 0 saturated heterocycles. The van der Waals surface area contributed by atoms with E-state index >= 15 is 0 Å². The standard InChI is InChI=1S/C13H15N3O2/c1-10(2)16-9-13(18-15-16)14-12(17)8-11-6-4-3-5-7-11/h3-7,9-10H,8H2,1-2H3. The SMILES string of the molecule is CC(C)[n+]1cc(/N=C(\[O-])Cc2ccccc2)on1. The Bertz CT molecular complexity index is 532. The van der Waals surface area contributed by atoms with Crippen molar-refractivity contribution in [2.24, 2.45) is 4.99 Å². The lowest BCUT2D eigenvalue weighted by atomic mass is 10.1. The summed E-state index contributed by atoms with van der Waals surface area (Å²) >= 11 is 0. The lowest BCUT2D eigenvalue weighted by Gasteiger charge is -2.08. The normalized spacial score (nSPS) is 12.1. The van der Waals surface area contributed by atoms with Crippen LogP contribution in [-0.4, -0.2) is 11.2 Å². The summed E-state index contributed by atoms with van der Waals surface area (Å²) in [4.78, 5) is 3.87. The molecule has 0 atom stereocenters. The summed E-state index contributed by atoms with van der Waals surface area (Å²) in [6.45, 7) is 3.94. The Kier molecular flexibility index (Phi) is 3.72. The van der Waals surface area contributed by atoms with E-state index in [1.165, 1.54) is 0 Å². The number of benzene rings is 1. The fourth-order valence-electron chi connectivity index (χ4n) is 1.47. The molecule has 5 nitrogen and oxygen atoms in total. The third-order valence-corrected chi connectivity index (χ3v) is 2.43. The zero-order chi connectivity index (χ0) is 13.0. The number of nitrogens with zero attached hydrogens (tertiary/aromatic N) is 3. The Morgan fingerprint density at radius 3 is 2.72 bits per heavy atom. The first-order valence-corrected chi connectivity index (χ1v) is 5.82. The fourth-order valence-corrected chi connectivity index (χ4v) is 1.47. The number of hydrogen-bond donors (Lipinski definition) is 0. The van der Waals surface area contributed by atoms with Crippen molar-refractivity contribution in [3.63, 3.8) is 0 Å².